The first kappa shape index (κ1) is 18.3. The molecule has 0 aromatic heterocycles. The smallest absolute Gasteiger partial charge is 0.251 e. The van der Waals surface area contributed by atoms with Crippen molar-refractivity contribution < 1.29 is 9.59 Å². The van der Waals surface area contributed by atoms with Crippen LogP contribution in [0.5, 0.6) is 0 Å². The number of nitrogens with zero attached hydrogens (tertiary/aromatic N) is 2. The van der Waals surface area contributed by atoms with Crippen LogP contribution < -0.4 is 10.7 Å². The summed E-state index contributed by atoms with van der Waals surface area (Å²) in [5, 5.41) is 4.76. The second-order valence-electron chi connectivity index (χ2n) is 7.31. The summed E-state index contributed by atoms with van der Waals surface area (Å²) < 4.78 is 0. The summed E-state index contributed by atoms with van der Waals surface area (Å²) in [4.78, 5) is 26.9. The van der Waals surface area contributed by atoms with Gasteiger partial charge in [-0.05, 0) is 43.0 Å². The van der Waals surface area contributed by atoms with Gasteiger partial charge in [-0.15, -0.1) is 0 Å². The molecule has 6 nitrogen and oxygen atoms in total. The van der Waals surface area contributed by atoms with E-state index in [1.165, 1.54) is 4.90 Å². The normalized spacial score (nSPS) is 21.0. The SMILES string of the molecule is Cc1cccc(NC(=O)CN2C=CN3NC(c4ccccc4)CC3C2=O)c1C. The van der Waals surface area contributed by atoms with Crippen LogP contribution in [0.25, 0.3) is 0 Å². The standard InChI is InChI=1S/C22H24N4O2/c1-15-7-6-10-18(16(15)2)23-21(27)14-25-11-12-26-20(22(25)28)13-19(24-26)17-8-4-3-5-9-17/h3-12,19-20,24H,13-14H2,1-2H3,(H,23,27). The molecular formula is C22H24N4O2. The minimum Gasteiger partial charge on any atom is -0.324 e. The molecule has 144 valence electrons. The molecule has 2 aliphatic rings. The number of hydrogen-bond donors (Lipinski definition) is 2. The second kappa shape index (κ2) is 7.48. The number of aryl methyl sites for hydroxylation is 1. The van der Waals surface area contributed by atoms with Crippen LogP contribution in [-0.4, -0.2) is 34.3 Å². The zero-order valence-electron chi connectivity index (χ0n) is 16.1. The molecule has 2 unspecified atom stereocenters. The molecule has 2 aromatic carbocycles. The molecule has 4 rings (SSSR count). The monoisotopic (exact) mass is 376 g/mol. The Morgan fingerprint density at radius 3 is 2.68 bits per heavy atom. The van der Waals surface area contributed by atoms with E-state index < -0.39 is 0 Å². The van der Waals surface area contributed by atoms with Gasteiger partial charge in [0.25, 0.3) is 5.91 Å². The fourth-order valence-corrected chi connectivity index (χ4v) is 3.70. The Labute approximate surface area is 164 Å². The van der Waals surface area contributed by atoms with E-state index in [2.05, 4.69) is 22.9 Å². The van der Waals surface area contributed by atoms with Crippen LogP contribution in [0, 0.1) is 13.8 Å². The Hall–Kier alpha value is -3.12. The molecule has 6 heteroatoms. The predicted octanol–water partition coefficient (Wildman–Crippen LogP) is 2.88. The molecule has 0 saturated carbocycles. The zero-order chi connectivity index (χ0) is 19.7. The van der Waals surface area contributed by atoms with Crippen molar-refractivity contribution in [1.82, 2.24) is 15.3 Å². The summed E-state index contributed by atoms with van der Waals surface area (Å²) >= 11 is 0. The van der Waals surface area contributed by atoms with Gasteiger partial charge in [0, 0.05) is 18.1 Å². The van der Waals surface area contributed by atoms with Crippen molar-refractivity contribution in [3.05, 3.63) is 77.6 Å². The first-order chi connectivity index (χ1) is 13.5. The summed E-state index contributed by atoms with van der Waals surface area (Å²) in [5.41, 5.74) is 7.45. The summed E-state index contributed by atoms with van der Waals surface area (Å²) in [6.45, 7) is 3.98. The van der Waals surface area contributed by atoms with Gasteiger partial charge in [-0.2, -0.15) is 0 Å². The van der Waals surface area contributed by atoms with Crippen LogP contribution in [0.4, 0.5) is 5.69 Å². The Morgan fingerprint density at radius 2 is 1.89 bits per heavy atom. The number of anilines is 1. The number of rotatable bonds is 4. The summed E-state index contributed by atoms with van der Waals surface area (Å²) in [6.07, 6.45) is 4.17. The highest BCUT2D eigenvalue weighted by Gasteiger charge is 2.40. The van der Waals surface area contributed by atoms with E-state index >= 15 is 0 Å². The quantitative estimate of drug-likeness (QED) is 0.861. The molecule has 2 amide bonds. The highest BCUT2D eigenvalue weighted by atomic mass is 16.2. The fourth-order valence-electron chi connectivity index (χ4n) is 3.70. The van der Waals surface area contributed by atoms with E-state index in [1.807, 2.05) is 61.5 Å². The lowest BCUT2D eigenvalue weighted by molar-refractivity contribution is -0.137. The minimum absolute atomic E-state index is 0.00303. The van der Waals surface area contributed by atoms with E-state index in [-0.39, 0.29) is 30.4 Å². The average molecular weight is 376 g/mol. The van der Waals surface area contributed by atoms with Crippen molar-refractivity contribution in [1.29, 1.82) is 0 Å². The lowest BCUT2D eigenvalue weighted by Crippen LogP contribution is -2.49. The highest BCUT2D eigenvalue weighted by Crippen LogP contribution is 2.30. The average Bonchev–Trinajstić information content (AvgIpc) is 3.14. The maximum absolute atomic E-state index is 12.9. The third-order valence-corrected chi connectivity index (χ3v) is 5.47. The van der Waals surface area contributed by atoms with Crippen LogP contribution in [-0.2, 0) is 9.59 Å². The topological polar surface area (TPSA) is 64.7 Å². The van der Waals surface area contributed by atoms with Crippen LogP contribution in [0.3, 0.4) is 0 Å². The zero-order valence-corrected chi connectivity index (χ0v) is 16.1. The Bertz CT molecular complexity index is 925. The molecule has 0 spiro atoms. The van der Waals surface area contributed by atoms with E-state index in [1.54, 1.807) is 6.20 Å². The number of hydrazine groups is 1. The number of nitrogens with one attached hydrogen (secondary N) is 2. The van der Waals surface area contributed by atoms with Crippen LogP contribution in [0.1, 0.15) is 29.2 Å². The van der Waals surface area contributed by atoms with Crippen molar-refractivity contribution in [2.24, 2.45) is 0 Å². The van der Waals surface area contributed by atoms with Gasteiger partial charge in [-0.3, -0.25) is 9.59 Å². The van der Waals surface area contributed by atoms with E-state index in [0.717, 1.165) is 22.4 Å². The summed E-state index contributed by atoms with van der Waals surface area (Å²) in [7, 11) is 0. The molecule has 1 fully saturated rings. The van der Waals surface area contributed by atoms with Crippen LogP contribution in [0.2, 0.25) is 0 Å². The van der Waals surface area contributed by atoms with Crippen molar-refractivity contribution in [2.45, 2.75) is 32.4 Å². The minimum atomic E-state index is -0.302. The molecule has 1 saturated heterocycles. The van der Waals surface area contributed by atoms with Gasteiger partial charge in [-0.25, -0.2) is 5.43 Å². The van der Waals surface area contributed by atoms with Gasteiger partial charge in [-0.1, -0.05) is 42.5 Å². The maximum atomic E-state index is 12.9. The van der Waals surface area contributed by atoms with Gasteiger partial charge >= 0.3 is 0 Å². The molecule has 2 heterocycles. The van der Waals surface area contributed by atoms with Crippen LogP contribution >= 0.6 is 0 Å². The molecule has 2 aromatic rings. The lowest BCUT2D eigenvalue weighted by Gasteiger charge is -2.31. The van der Waals surface area contributed by atoms with Gasteiger partial charge in [0.05, 0.1) is 6.04 Å². The molecule has 0 aliphatic carbocycles. The van der Waals surface area contributed by atoms with E-state index in [4.69, 9.17) is 0 Å². The predicted molar refractivity (Wildman–Crippen MR) is 108 cm³/mol. The fraction of sp³-hybridized carbons (Fsp3) is 0.273. The van der Waals surface area contributed by atoms with Gasteiger partial charge in [0.2, 0.25) is 5.91 Å². The third kappa shape index (κ3) is 3.51. The van der Waals surface area contributed by atoms with Gasteiger partial charge in [0.1, 0.15) is 12.6 Å². The van der Waals surface area contributed by atoms with Crippen molar-refractivity contribution in [2.75, 3.05) is 11.9 Å². The molecular weight excluding hydrogens is 352 g/mol. The number of amides is 2. The van der Waals surface area contributed by atoms with Gasteiger partial charge < -0.3 is 15.2 Å². The Balaban J connectivity index is 1.41. The van der Waals surface area contributed by atoms with E-state index in [9.17, 15) is 9.59 Å². The van der Waals surface area contributed by atoms with Crippen molar-refractivity contribution in [3.8, 4) is 0 Å². The second-order valence-corrected chi connectivity index (χ2v) is 7.31. The molecule has 0 bridgehead atoms. The first-order valence-corrected chi connectivity index (χ1v) is 9.47. The maximum Gasteiger partial charge on any atom is 0.251 e. The molecule has 2 N–H and O–H groups in total. The number of carbonyl (C=O) groups excluding carboxylic acids is 2. The first-order valence-electron chi connectivity index (χ1n) is 9.47. The molecule has 0 radical (unpaired) electrons. The molecule has 2 aliphatic heterocycles. The third-order valence-electron chi connectivity index (χ3n) is 5.47. The number of fused-ring (bicyclic) bond motifs is 1. The van der Waals surface area contributed by atoms with Crippen molar-refractivity contribution in [3.63, 3.8) is 0 Å². The summed E-state index contributed by atoms with van der Waals surface area (Å²) in [6, 6.07) is 15.7. The lowest BCUT2D eigenvalue weighted by atomic mass is 10.0. The number of hydrogen-bond acceptors (Lipinski definition) is 4. The number of carbonyl (C=O) groups is 2. The number of benzene rings is 2. The molecule has 2 atom stereocenters. The van der Waals surface area contributed by atoms with Crippen molar-refractivity contribution >= 4 is 17.5 Å². The largest absolute Gasteiger partial charge is 0.324 e. The highest BCUT2D eigenvalue weighted by molar-refractivity contribution is 5.96. The van der Waals surface area contributed by atoms with Crippen LogP contribution in [0.15, 0.2) is 60.9 Å². The Kier molecular flexibility index (Phi) is 4.88. The molecule has 28 heavy (non-hydrogen) atoms. The van der Waals surface area contributed by atoms with E-state index in [0.29, 0.717) is 6.42 Å². The Morgan fingerprint density at radius 1 is 1.11 bits per heavy atom. The van der Waals surface area contributed by atoms with Gasteiger partial charge in [0.15, 0.2) is 0 Å². The summed E-state index contributed by atoms with van der Waals surface area (Å²) in [5.74, 6) is -0.268.